The van der Waals surface area contributed by atoms with Crippen molar-refractivity contribution in [3.05, 3.63) is 57.7 Å². The van der Waals surface area contributed by atoms with Crippen LogP contribution in [0.25, 0.3) is 0 Å². The van der Waals surface area contributed by atoms with Crippen LogP contribution in [0.15, 0.2) is 36.5 Å². The van der Waals surface area contributed by atoms with Crippen LogP contribution >= 0.6 is 23.2 Å². The van der Waals surface area contributed by atoms with Crippen LogP contribution < -0.4 is 11.1 Å². The molecule has 9 heteroatoms. The fourth-order valence-corrected chi connectivity index (χ4v) is 4.03. The molecule has 0 unspecified atom stereocenters. The van der Waals surface area contributed by atoms with Crippen LogP contribution in [0.5, 0.6) is 0 Å². The summed E-state index contributed by atoms with van der Waals surface area (Å²) in [5.74, 6) is -2.18. The van der Waals surface area contributed by atoms with Crippen LogP contribution in [0.1, 0.15) is 41.7 Å². The van der Waals surface area contributed by atoms with E-state index in [0.29, 0.717) is 23.0 Å². The molecule has 0 spiro atoms. The number of likely N-dealkylation sites (tertiary alicyclic amines) is 1. The molecule has 1 aromatic carbocycles. The van der Waals surface area contributed by atoms with Gasteiger partial charge in [0.25, 0.3) is 5.91 Å². The first-order valence-corrected chi connectivity index (χ1v) is 9.84. The monoisotopic (exact) mass is 434 g/mol. The predicted octanol–water partition coefficient (Wildman–Crippen LogP) is 3.43. The summed E-state index contributed by atoms with van der Waals surface area (Å²) in [6.45, 7) is 2.43. The molecule has 152 valence electrons. The average Bonchev–Trinajstić information content (AvgIpc) is 2.66. The minimum absolute atomic E-state index is 0.0267. The number of hydrogen-bond donors (Lipinski definition) is 2. The summed E-state index contributed by atoms with van der Waals surface area (Å²) in [7, 11) is 0. The molecule has 0 saturated carbocycles. The van der Waals surface area contributed by atoms with E-state index in [0.717, 1.165) is 12.0 Å². The molecule has 1 aromatic heterocycles. The number of rotatable bonds is 3. The van der Waals surface area contributed by atoms with Gasteiger partial charge in [-0.05, 0) is 54.7 Å². The summed E-state index contributed by atoms with van der Waals surface area (Å²) in [5, 5.41) is 3.33. The number of amides is 3. The highest BCUT2D eigenvalue weighted by Gasteiger charge is 2.35. The van der Waals surface area contributed by atoms with E-state index in [1.165, 1.54) is 23.2 Å². The smallest absolute Gasteiger partial charge is 0.315 e. The molecule has 1 aliphatic rings. The molecule has 1 saturated heterocycles. The summed E-state index contributed by atoms with van der Waals surface area (Å²) in [4.78, 5) is 42.6. The van der Waals surface area contributed by atoms with Crippen molar-refractivity contribution in [2.45, 2.75) is 25.8 Å². The van der Waals surface area contributed by atoms with Gasteiger partial charge < -0.3 is 16.0 Å². The maximum Gasteiger partial charge on any atom is 0.315 e. The topological polar surface area (TPSA) is 105 Å². The number of primary amides is 1. The molecule has 2 aromatic rings. The van der Waals surface area contributed by atoms with Crippen molar-refractivity contribution in [1.29, 1.82) is 0 Å². The van der Waals surface area contributed by atoms with Gasteiger partial charge in [0.15, 0.2) is 0 Å². The lowest BCUT2D eigenvalue weighted by Gasteiger charge is -2.38. The fourth-order valence-electron chi connectivity index (χ4n) is 3.49. The van der Waals surface area contributed by atoms with Crippen LogP contribution in [0, 0.1) is 5.92 Å². The summed E-state index contributed by atoms with van der Waals surface area (Å²) in [5.41, 5.74) is 6.10. The van der Waals surface area contributed by atoms with Gasteiger partial charge in [-0.1, -0.05) is 30.1 Å². The third kappa shape index (κ3) is 4.86. The molecule has 0 aliphatic carbocycles. The van der Waals surface area contributed by atoms with E-state index >= 15 is 0 Å². The van der Waals surface area contributed by atoms with E-state index < -0.39 is 17.7 Å². The molecule has 2 atom stereocenters. The Balaban J connectivity index is 1.86. The lowest BCUT2D eigenvalue weighted by atomic mass is 9.90. The Bertz CT molecular complexity index is 946. The van der Waals surface area contributed by atoms with E-state index in [-0.39, 0.29) is 23.3 Å². The number of nitrogens with two attached hydrogens (primary N) is 1. The maximum atomic E-state index is 13.0. The Morgan fingerprint density at radius 2 is 1.86 bits per heavy atom. The average molecular weight is 435 g/mol. The van der Waals surface area contributed by atoms with Crippen molar-refractivity contribution in [2.75, 3.05) is 11.9 Å². The molecular weight excluding hydrogens is 415 g/mol. The normalized spacial score (nSPS) is 18.9. The highest BCUT2D eigenvalue weighted by Crippen LogP contribution is 2.35. The number of pyridine rings is 1. The van der Waals surface area contributed by atoms with Gasteiger partial charge in [0.2, 0.25) is 0 Å². The second kappa shape index (κ2) is 8.80. The second-order valence-corrected chi connectivity index (χ2v) is 7.95. The van der Waals surface area contributed by atoms with E-state index in [1.807, 2.05) is 6.92 Å². The van der Waals surface area contributed by atoms with E-state index in [1.54, 1.807) is 18.2 Å². The molecule has 3 rings (SSSR count). The first kappa shape index (κ1) is 21.1. The summed E-state index contributed by atoms with van der Waals surface area (Å²) in [6, 6.07) is 7.72. The minimum atomic E-state index is -0.890. The molecule has 1 aliphatic heterocycles. The maximum absolute atomic E-state index is 13.0. The first-order valence-electron chi connectivity index (χ1n) is 9.09. The third-order valence-electron chi connectivity index (χ3n) is 4.85. The van der Waals surface area contributed by atoms with Crippen molar-refractivity contribution in [2.24, 2.45) is 11.7 Å². The number of nitrogens with zero attached hydrogens (tertiary/aromatic N) is 2. The molecule has 0 bridgehead atoms. The van der Waals surface area contributed by atoms with Gasteiger partial charge in [-0.3, -0.25) is 14.4 Å². The highest BCUT2D eigenvalue weighted by atomic mass is 35.5. The SMILES string of the molecule is C[C@@H]1CC[C@@H](c2cc(Cl)cc(Cl)c2)N(C(=O)C(=O)Nc2ncccc2C(N)=O)C1. The van der Waals surface area contributed by atoms with Crippen LogP contribution in [0.4, 0.5) is 5.82 Å². The van der Waals surface area contributed by atoms with Crippen LogP contribution in [0.2, 0.25) is 10.0 Å². The fraction of sp³-hybridized carbons (Fsp3) is 0.300. The zero-order chi connectivity index (χ0) is 21.1. The molecule has 1 fully saturated rings. The van der Waals surface area contributed by atoms with Crippen molar-refractivity contribution >= 4 is 46.7 Å². The summed E-state index contributed by atoms with van der Waals surface area (Å²) in [6.07, 6.45) is 2.96. The van der Waals surface area contributed by atoms with Gasteiger partial charge in [-0.25, -0.2) is 4.98 Å². The Labute approximate surface area is 178 Å². The van der Waals surface area contributed by atoms with Crippen LogP contribution in [-0.4, -0.2) is 34.2 Å². The van der Waals surface area contributed by atoms with Gasteiger partial charge in [0.05, 0.1) is 11.6 Å². The number of nitrogens with one attached hydrogen (secondary N) is 1. The Kier molecular flexibility index (Phi) is 6.39. The van der Waals surface area contributed by atoms with Crippen molar-refractivity contribution < 1.29 is 14.4 Å². The molecule has 29 heavy (non-hydrogen) atoms. The highest BCUT2D eigenvalue weighted by molar-refractivity contribution is 6.40. The number of piperidine rings is 1. The minimum Gasteiger partial charge on any atom is -0.365 e. The molecular formula is C20H20Cl2N4O3. The Hall–Kier alpha value is -2.64. The van der Waals surface area contributed by atoms with Crippen molar-refractivity contribution in [3.8, 4) is 0 Å². The number of hydrogen-bond acceptors (Lipinski definition) is 4. The van der Waals surface area contributed by atoms with Gasteiger partial charge in [-0.2, -0.15) is 0 Å². The number of carbonyl (C=O) groups is 3. The van der Waals surface area contributed by atoms with Crippen LogP contribution in [0.3, 0.4) is 0 Å². The zero-order valence-corrected chi connectivity index (χ0v) is 17.2. The summed E-state index contributed by atoms with van der Waals surface area (Å²) >= 11 is 12.2. The third-order valence-corrected chi connectivity index (χ3v) is 5.28. The largest absolute Gasteiger partial charge is 0.365 e. The summed E-state index contributed by atoms with van der Waals surface area (Å²) < 4.78 is 0. The molecule has 3 N–H and O–H groups in total. The quantitative estimate of drug-likeness (QED) is 0.721. The van der Waals surface area contributed by atoms with Gasteiger partial charge >= 0.3 is 11.8 Å². The van der Waals surface area contributed by atoms with Gasteiger partial charge in [0.1, 0.15) is 5.82 Å². The van der Waals surface area contributed by atoms with E-state index in [4.69, 9.17) is 28.9 Å². The lowest BCUT2D eigenvalue weighted by molar-refractivity contribution is -0.146. The number of anilines is 1. The zero-order valence-electron chi connectivity index (χ0n) is 15.7. The van der Waals surface area contributed by atoms with Crippen molar-refractivity contribution in [3.63, 3.8) is 0 Å². The number of aromatic nitrogens is 1. The lowest BCUT2D eigenvalue weighted by Crippen LogP contribution is -2.46. The number of carbonyl (C=O) groups excluding carboxylic acids is 3. The standard InChI is InChI=1S/C20H20Cl2N4O3/c1-11-4-5-16(12-7-13(21)9-14(22)8-12)26(10-11)20(29)19(28)25-18-15(17(23)27)3-2-6-24-18/h2-3,6-9,11,16H,4-5,10H2,1H3,(H2,23,27)(H,24,25,28)/t11-,16+/m1/s1. The van der Waals surface area contributed by atoms with Crippen molar-refractivity contribution in [1.82, 2.24) is 9.88 Å². The molecule has 3 amide bonds. The van der Waals surface area contributed by atoms with Gasteiger partial charge in [0, 0.05) is 22.8 Å². The van der Waals surface area contributed by atoms with Crippen LogP contribution in [-0.2, 0) is 9.59 Å². The molecule has 0 radical (unpaired) electrons. The number of benzene rings is 1. The second-order valence-electron chi connectivity index (χ2n) is 7.08. The Morgan fingerprint density at radius 3 is 2.52 bits per heavy atom. The predicted molar refractivity (Wildman–Crippen MR) is 111 cm³/mol. The van der Waals surface area contributed by atoms with E-state index in [2.05, 4.69) is 10.3 Å². The first-order chi connectivity index (χ1) is 13.8. The Morgan fingerprint density at radius 1 is 1.17 bits per heavy atom. The van der Waals surface area contributed by atoms with E-state index in [9.17, 15) is 14.4 Å². The number of halogens is 2. The molecule has 2 heterocycles. The van der Waals surface area contributed by atoms with Gasteiger partial charge in [-0.15, -0.1) is 0 Å². The molecule has 7 nitrogen and oxygen atoms in total.